The van der Waals surface area contributed by atoms with Gasteiger partial charge >= 0.3 is 0 Å². The summed E-state index contributed by atoms with van der Waals surface area (Å²) in [6, 6.07) is 11.9. The van der Waals surface area contributed by atoms with Crippen molar-refractivity contribution in [2.75, 3.05) is 44.2 Å². The molecule has 1 fully saturated rings. The first-order valence-corrected chi connectivity index (χ1v) is 9.15. The third-order valence-electron chi connectivity index (χ3n) is 4.68. The van der Waals surface area contributed by atoms with E-state index in [1.165, 1.54) is 11.0 Å². The minimum absolute atomic E-state index is 0.0193. The zero-order valence-corrected chi connectivity index (χ0v) is 15.5. The second-order valence-electron chi connectivity index (χ2n) is 6.41. The number of benzene rings is 2. The van der Waals surface area contributed by atoms with Gasteiger partial charge in [0.1, 0.15) is 30.9 Å². The van der Waals surface area contributed by atoms with E-state index in [1.807, 2.05) is 17.0 Å². The predicted octanol–water partition coefficient (Wildman–Crippen LogP) is 1.84. The molecule has 7 nitrogen and oxygen atoms in total. The zero-order valence-electron chi connectivity index (χ0n) is 14.8. The zero-order chi connectivity index (χ0) is 19.2. The van der Waals surface area contributed by atoms with Gasteiger partial charge in [0.05, 0.1) is 31.1 Å². The van der Waals surface area contributed by atoms with Gasteiger partial charge < -0.3 is 14.5 Å². The van der Waals surface area contributed by atoms with Gasteiger partial charge in [0.25, 0.3) is 5.69 Å². The molecule has 1 heterocycles. The number of nitro groups is 1. The first-order chi connectivity index (χ1) is 13.1. The molecule has 0 aliphatic carbocycles. The third-order valence-corrected chi connectivity index (χ3v) is 4.93. The van der Waals surface area contributed by atoms with Crippen LogP contribution in [0.3, 0.4) is 0 Å². The van der Waals surface area contributed by atoms with Crippen LogP contribution in [0.2, 0.25) is 5.02 Å². The molecule has 142 valence electrons. The molecule has 3 rings (SSSR count). The topological polar surface area (TPSA) is 77.1 Å². The fourth-order valence-corrected chi connectivity index (χ4v) is 3.31. The first-order valence-electron chi connectivity index (χ1n) is 8.77. The largest absolute Gasteiger partial charge is 0.488 e. The molecule has 2 aromatic rings. The smallest absolute Gasteiger partial charge is 0.293 e. The Balaban J connectivity index is 1.52. The van der Waals surface area contributed by atoms with Crippen LogP contribution in [0, 0.1) is 10.1 Å². The quantitative estimate of drug-likeness (QED) is 0.443. The van der Waals surface area contributed by atoms with Gasteiger partial charge in [-0.2, -0.15) is 0 Å². The van der Waals surface area contributed by atoms with Crippen LogP contribution in [0.5, 0.6) is 5.75 Å². The molecule has 1 aliphatic heterocycles. The normalized spacial score (nSPS) is 14.8. The predicted molar refractivity (Wildman–Crippen MR) is 103 cm³/mol. The molecular formula is C19H21ClN3O4+. The van der Waals surface area contributed by atoms with E-state index in [0.29, 0.717) is 29.2 Å². The molecule has 0 spiro atoms. The summed E-state index contributed by atoms with van der Waals surface area (Å²) in [5.74, 6) is 0.795. The average molecular weight is 391 g/mol. The van der Waals surface area contributed by atoms with Crippen molar-refractivity contribution < 1.29 is 19.4 Å². The van der Waals surface area contributed by atoms with Gasteiger partial charge in [0.15, 0.2) is 0 Å². The number of nitrogens with one attached hydrogen (secondary N) is 1. The van der Waals surface area contributed by atoms with E-state index in [-0.39, 0.29) is 5.69 Å². The molecule has 0 aromatic heterocycles. The number of anilines is 1. The second-order valence-corrected chi connectivity index (χ2v) is 6.85. The molecule has 1 saturated heterocycles. The van der Waals surface area contributed by atoms with Crippen molar-refractivity contribution in [3.63, 3.8) is 0 Å². The molecule has 1 N–H and O–H groups in total. The van der Waals surface area contributed by atoms with Crippen molar-refractivity contribution >= 4 is 29.3 Å². The highest BCUT2D eigenvalue weighted by Gasteiger charge is 2.25. The number of aldehydes is 1. The van der Waals surface area contributed by atoms with Crippen molar-refractivity contribution in [3.05, 3.63) is 63.2 Å². The number of hydrogen-bond donors (Lipinski definition) is 1. The minimum atomic E-state index is -0.429. The molecule has 0 saturated carbocycles. The van der Waals surface area contributed by atoms with Crippen molar-refractivity contribution in [3.8, 4) is 5.75 Å². The fraction of sp³-hybridized carbons (Fsp3) is 0.316. The second kappa shape index (κ2) is 8.83. The Kier molecular flexibility index (Phi) is 6.26. The molecular weight excluding hydrogens is 370 g/mol. The Morgan fingerprint density at radius 1 is 1.19 bits per heavy atom. The van der Waals surface area contributed by atoms with Crippen molar-refractivity contribution in [1.29, 1.82) is 0 Å². The van der Waals surface area contributed by atoms with Crippen molar-refractivity contribution in [1.82, 2.24) is 0 Å². The number of carbonyl (C=O) groups excluding carboxylic acids is 1. The standard InChI is InChI=1S/C19H20ClN3O4/c20-16-2-4-17(5-3-16)27-12-11-21-7-9-22(10-8-21)18-6-1-15(14-24)13-19(18)23(25)26/h1-6,13-14H,7-12H2/p+1. The first kappa shape index (κ1) is 19.1. The lowest BCUT2D eigenvalue weighted by Crippen LogP contribution is -3.15. The number of quaternary nitrogens is 1. The van der Waals surface area contributed by atoms with E-state index >= 15 is 0 Å². The summed E-state index contributed by atoms with van der Waals surface area (Å²) in [7, 11) is 0. The molecule has 0 bridgehead atoms. The highest BCUT2D eigenvalue weighted by molar-refractivity contribution is 6.30. The Morgan fingerprint density at radius 2 is 1.89 bits per heavy atom. The summed E-state index contributed by atoms with van der Waals surface area (Å²) in [5.41, 5.74) is 0.866. The van der Waals surface area contributed by atoms with Gasteiger partial charge in [0, 0.05) is 16.7 Å². The van der Waals surface area contributed by atoms with Crippen LogP contribution in [0.1, 0.15) is 10.4 Å². The van der Waals surface area contributed by atoms with Crippen LogP contribution < -0.4 is 14.5 Å². The number of hydrogen-bond acceptors (Lipinski definition) is 5. The number of nitrogens with zero attached hydrogens (tertiary/aromatic N) is 2. The number of rotatable bonds is 7. The molecule has 2 aromatic carbocycles. The lowest BCUT2D eigenvalue weighted by molar-refractivity contribution is -0.900. The van der Waals surface area contributed by atoms with E-state index < -0.39 is 4.92 Å². The van der Waals surface area contributed by atoms with Crippen LogP contribution in [0.4, 0.5) is 11.4 Å². The van der Waals surface area contributed by atoms with E-state index in [0.717, 1.165) is 38.5 Å². The van der Waals surface area contributed by atoms with E-state index in [2.05, 4.69) is 0 Å². The molecule has 0 atom stereocenters. The van der Waals surface area contributed by atoms with Crippen molar-refractivity contribution in [2.24, 2.45) is 0 Å². The maximum Gasteiger partial charge on any atom is 0.293 e. The van der Waals surface area contributed by atoms with Crippen LogP contribution in [-0.2, 0) is 0 Å². The molecule has 1 aliphatic rings. The van der Waals surface area contributed by atoms with Crippen LogP contribution in [0.25, 0.3) is 0 Å². The average Bonchev–Trinajstić information content (AvgIpc) is 2.69. The minimum Gasteiger partial charge on any atom is -0.488 e. The van der Waals surface area contributed by atoms with Gasteiger partial charge in [0.2, 0.25) is 0 Å². The Morgan fingerprint density at radius 3 is 2.52 bits per heavy atom. The molecule has 0 radical (unpaired) electrons. The van der Waals surface area contributed by atoms with Crippen LogP contribution in [-0.4, -0.2) is 50.5 Å². The Bertz CT molecular complexity index is 805. The van der Waals surface area contributed by atoms with E-state index in [9.17, 15) is 14.9 Å². The molecule has 0 unspecified atom stereocenters. The van der Waals surface area contributed by atoms with Gasteiger partial charge in [-0.15, -0.1) is 0 Å². The lowest BCUT2D eigenvalue weighted by Gasteiger charge is -2.33. The van der Waals surface area contributed by atoms with Crippen LogP contribution >= 0.6 is 11.6 Å². The summed E-state index contributed by atoms with van der Waals surface area (Å²) in [6.07, 6.45) is 0.625. The summed E-state index contributed by atoms with van der Waals surface area (Å²) in [6.45, 7) is 4.65. The lowest BCUT2D eigenvalue weighted by atomic mass is 10.1. The number of ether oxygens (including phenoxy) is 1. The Labute approximate surface area is 162 Å². The summed E-state index contributed by atoms with van der Waals surface area (Å²) in [5, 5.41) is 12.0. The van der Waals surface area contributed by atoms with Gasteiger partial charge in [-0.05, 0) is 36.4 Å². The van der Waals surface area contributed by atoms with Crippen LogP contribution in [0.15, 0.2) is 42.5 Å². The van der Waals surface area contributed by atoms with Gasteiger partial charge in [-0.3, -0.25) is 14.9 Å². The fourth-order valence-electron chi connectivity index (χ4n) is 3.19. The molecule has 8 heteroatoms. The Hall–Kier alpha value is -2.64. The number of piperazine rings is 1. The number of halogens is 1. The highest BCUT2D eigenvalue weighted by Crippen LogP contribution is 2.28. The molecule has 0 amide bonds. The highest BCUT2D eigenvalue weighted by atomic mass is 35.5. The summed E-state index contributed by atoms with van der Waals surface area (Å²) in [4.78, 5) is 25.2. The molecule has 27 heavy (non-hydrogen) atoms. The third kappa shape index (κ3) is 4.96. The monoisotopic (exact) mass is 390 g/mol. The maximum absolute atomic E-state index is 11.3. The van der Waals surface area contributed by atoms with E-state index in [4.69, 9.17) is 16.3 Å². The summed E-state index contributed by atoms with van der Waals surface area (Å²) >= 11 is 5.86. The van der Waals surface area contributed by atoms with Gasteiger partial charge in [-0.25, -0.2) is 0 Å². The summed E-state index contributed by atoms with van der Waals surface area (Å²) < 4.78 is 5.74. The number of carbonyl (C=O) groups is 1. The van der Waals surface area contributed by atoms with Gasteiger partial charge in [-0.1, -0.05) is 11.6 Å². The van der Waals surface area contributed by atoms with Crippen molar-refractivity contribution in [2.45, 2.75) is 0 Å². The number of nitro benzene ring substituents is 1. The maximum atomic E-state index is 11.3. The SMILES string of the molecule is O=Cc1ccc(N2CC[NH+](CCOc3ccc(Cl)cc3)CC2)c([N+](=O)[O-])c1. The van der Waals surface area contributed by atoms with E-state index in [1.54, 1.807) is 24.3 Å².